The number of rotatable bonds is 6. The summed E-state index contributed by atoms with van der Waals surface area (Å²) in [5.74, 6) is -0.721. The van der Waals surface area contributed by atoms with Crippen LogP contribution in [0.15, 0.2) is 48.5 Å². The summed E-state index contributed by atoms with van der Waals surface area (Å²) < 4.78 is 0. The molecule has 0 unspecified atom stereocenters. The van der Waals surface area contributed by atoms with Gasteiger partial charge in [0.2, 0.25) is 5.91 Å². The van der Waals surface area contributed by atoms with Gasteiger partial charge in [-0.15, -0.1) is 0 Å². The number of hydrogen-bond acceptors (Lipinski definition) is 3. The summed E-state index contributed by atoms with van der Waals surface area (Å²) in [6.07, 6.45) is 1.66. The smallest absolute Gasteiger partial charge is 0.335 e. The van der Waals surface area contributed by atoms with Gasteiger partial charge in [0.25, 0.3) is 0 Å². The van der Waals surface area contributed by atoms with E-state index in [9.17, 15) is 9.59 Å². The van der Waals surface area contributed by atoms with Gasteiger partial charge in [-0.1, -0.05) is 42.0 Å². The Kier molecular flexibility index (Phi) is 6.24. The van der Waals surface area contributed by atoms with Crippen LogP contribution in [0.2, 0.25) is 0 Å². The second-order valence-electron chi connectivity index (χ2n) is 7.26. The van der Waals surface area contributed by atoms with Gasteiger partial charge in [-0.2, -0.15) is 0 Å². The van der Waals surface area contributed by atoms with Crippen molar-refractivity contribution >= 4 is 11.9 Å². The Morgan fingerprint density at radius 2 is 1.78 bits per heavy atom. The molecule has 2 aromatic rings. The molecule has 1 amide bonds. The maximum Gasteiger partial charge on any atom is 0.335 e. The molecular formula is C22H26N2O3. The zero-order valence-electron chi connectivity index (χ0n) is 15.6. The molecule has 0 bridgehead atoms. The van der Waals surface area contributed by atoms with Crippen LogP contribution in [0.25, 0.3) is 0 Å². The van der Waals surface area contributed by atoms with E-state index in [0.29, 0.717) is 12.1 Å². The molecule has 1 fully saturated rings. The van der Waals surface area contributed by atoms with E-state index in [4.69, 9.17) is 5.11 Å². The number of hydrogen-bond donors (Lipinski definition) is 2. The number of benzene rings is 2. The molecule has 142 valence electrons. The normalized spacial score (nSPS) is 15.4. The van der Waals surface area contributed by atoms with Gasteiger partial charge in [-0.3, -0.25) is 9.69 Å². The summed E-state index contributed by atoms with van der Waals surface area (Å²) in [6.45, 7) is 5.04. The van der Waals surface area contributed by atoms with E-state index in [-0.39, 0.29) is 11.8 Å². The zero-order valence-corrected chi connectivity index (χ0v) is 15.6. The molecule has 2 aromatic carbocycles. The van der Waals surface area contributed by atoms with Crippen LogP contribution >= 0.6 is 0 Å². The molecular weight excluding hydrogens is 340 g/mol. The first-order valence-electron chi connectivity index (χ1n) is 9.39. The maximum atomic E-state index is 12.4. The average molecular weight is 366 g/mol. The van der Waals surface area contributed by atoms with Gasteiger partial charge >= 0.3 is 5.97 Å². The summed E-state index contributed by atoms with van der Waals surface area (Å²) in [5, 5.41) is 12.1. The number of aromatic carboxylic acids is 1. The number of amides is 1. The molecule has 0 radical (unpaired) electrons. The Labute approximate surface area is 160 Å². The quantitative estimate of drug-likeness (QED) is 0.824. The molecule has 27 heavy (non-hydrogen) atoms. The standard InChI is InChI=1S/C22H26N2O3/c1-16-5-7-17(8-6-16)14-23-21(25)19-9-11-24(12-10-19)15-18-3-2-4-20(13-18)22(26)27/h2-8,13,19H,9-12,14-15H2,1H3,(H,23,25)(H,26,27). The predicted octanol–water partition coefficient (Wildman–Crippen LogP) is 3.22. The minimum Gasteiger partial charge on any atom is -0.478 e. The second-order valence-corrected chi connectivity index (χ2v) is 7.26. The van der Waals surface area contributed by atoms with Crippen LogP contribution in [0.4, 0.5) is 0 Å². The number of carbonyl (C=O) groups is 2. The third-order valence-corrected chi connectivity index (χ3v) is 5.13. The molecule has 2 N–H and O–H groups in total. The lowest BCUT2D eigenvalue weighted by Crippen LogP contribution is -2.40. The van der Waals surface area contributed by atoms with E-state index in [1.165, 1.54) is 5.56 Å². The van der Waals surface area contributed by atoms with Crippen LogP contribution in [0.1, 0.15) is 39.9 Å². The monoisotopic (exact) mass is 366 g/mol. The number of nitrogens with zero attached hydrogens (tertiary/aromatic N) is 1. The van der Waals surface area contributed by atoms with Crippen molar-refractivity contribution in [2.75, 3.05) is 13.1 Å². The number of carboxylic acid groups (broad SMARTS) is 1. The van der Waals surface area contributed by atoms with Crippen LogP contribution in [-0.2, 0) is 17.9 Å². The largest absolute Gasteiger partial charge is 0.478 e. The van der Waals surface area contributed by atoms with Crippen LogP contribution in [-0.4, -0.2) is 35.0 Å². The molecule has 0 aromatic heterocycles. The third-order valence-electron chi connectivity index (χ3n) is 5.13. The summed E-state index contributed by atoms with van der Waals surface area (Å²) in [6, 6.07) is 15.3. The SMILES string of the molecule is Cc1ccc(CNC(=O)C2CCN(Cc3cccc(C(=O)O)c3)CC2)cc1. The van der Waals surface area contributed by atoms with Gasteiger partial charge in [-0.25, -0.2) is 4.79 Å². The summed E-state index contributed by atoms with van der Waals surface area (Å²) >= 11 is 0. The van der Waals surface area contributed by atoms with Gasteiger partial charge < -0.3 is 10.4 Å². The number of likely N-dealkylation sites (tertiary alicyclic amines) is 1. The van der Waals surface area contributed by atoms with Crippen LogP contribution in [0.5, 0.6) is 0 Å². The summed E-state index contributed by atoms with van der Waals surface area (Å²) in [4.78, 5) is 25.8. The Bertz CT molecular complexity index is 793. The van der Waals surface area contributed by atoms with E-state index in [2.05, 4.69) is 22.3 Å². The van der Waals surface area contributed by atoms with Crippen molar-refractivity contribution in [2.45, 2.75) is 32.9 Å². The minimum atomic E-state index is -0.902. The summed E-state index contributed by atoms with van der Waals surface area (Å²) in [5.41, 5.74) is 3.64. The van der Waals surface area contributed by atoms with Crippen LogP contribution in [0, 0.1) is 12.8 Å². The van der Waals surface area contributed by atoms with Crippen molar-refractivity contribution in [3.05, 3.63) is 70.8 Å². The van der Waals surface area contributed by atoms with Crippen molar-refractivity contribution in [1.29, 1.82) is 0 Å². The first-order valence-corrected chi connectivity index (χ1v) is 9.39. The molecule has 0 aliphatic carbocycles. The molecule has 1 aliphatic rings. The maximum absolute atomic E-state index is 12.4. The van der Waals surface area contributed by atoms with Crippen molar-refractivity contribution in [3.63, 3.8) is 0 Å². The Morgan fingerprint density at radius 3 is 2.44 bits per heavy atom. The van der Waals surface area contributed by atoms with Crippen molar-refractivity contribution < 1.29 is 14.7 Å². The van der Waals surface area contributed by atoms with Crippen molar-refractivity contribution in [3.8, 4) is 0 Å². The van der Waals surface area contributed by atoms with Crippen molar-refractivity contribution in [2.24, 2.45) is 5.92 Å². The van der Waals surface area contributed by atoms with Gasteiger partial charge in [-0.05, 0) is 56.1 Å². The fraction of sp³-hybridized carbons (Fsp3) is 0.364. The van der Waals surface area contributed by atoms with Gasteiger partial charge in [0.15, 0.2) is 0 Å². The predicted molar refractivity (Wildman–Crippen MR) is 104 cm³/mol. The first kappa shape index (κ1) is 19.1. The fourth-order valence-electron chi connectivity index (χ4n) is 3.45. The van der Waals surface area contributed by atoms with E-state index in [1.54, 1.807) is 18.2 Å². The average Bonchev–Trinajstić information content (AvgIpc) is 2.68. The third kappa shape index (κ3) is 5.41. The lowest BCUT2D eigenvalue weighted by Gasteiger charge is -2.31. The molecule has 1 saturated heterocycles. The topological polar surface area (TPSA) is 69.6 Å². The molecule has 1 aliphatic heterocycles. The zero-order chi connectivity index (χ0) is 19.2. The first-order chi connectivity index (χ1) is 13.0. The number of nitrogens with one attached hydrogen (secondary N) is 1. The highest BCUT2D eigenvalue weighted by molar-refractivity contribution is 5.87. The Hall–Kier alpha value is -2.66. The molecule has 0 spiro atoms. The Morgan fingerprint density at radius 1 is 1.07 bits per heavy atom. The van der Waals surface area contributed by atoms with E-state index in [1.807, 2.05) is 25.1 Å². The fourth-order valence-corrected chi connectivity index (χ4v) is 3.45. The molecule has 5 heteroatoms. The molecule has 3 rings (SSSR count). The minimum absolute atomic E-state index is 0.0528. The highest BCUT2D eigenvalue weighted by atomic mass is 16.4. The van der Waals surface area contributed by atoms with Gasteiger partial charge in [0.05, 0.1) is 5.56 Å². The van der Waals surface area contributed by atoms with Crippen LogP contribution < -0.4 is 5.32 Å². The highest BCUT2D eigenvalue weighted by Crippen LogP contribution is 2.20. The van der Waals surface area contributed by atoms with Crippen LogP contribution in [0.3, 0.4) is 0 Å². The lowest BCUT2D eigenvalue weighted by atomic mass is 9.95. The summed E-state index contributed by atoms with van der Waals surface area (Å²) in [7, 11) is 0. The number of carbonyl (C=O) groups excluding carboxylic acids is 1. The van der Waals surface area contributed by atoms with E-state index in [0.717, 1.165) is 43.6 Å². The Balaban J connectivity index is 1.45. The van der Waals surface area contributed by atoms with Gasteiger partial charge in [0.1, 0.15) is 0 Å². The van der Waals surface area contributed by atoms with Gasteiger partial charge in [0, 0.05) is 19.0 Å². The number of aryl methyl sites for hydroxylation is 1. The second kappa shape index (κ2) is 8.82. The molecule has 0 atom stereocenters. The number of piperidine rings is 1. The highest BCUT2D eigenvalue weighted by Gasteiger charge is 2.24. The van der Waals surface area contributed by atoms with Crippen molar-refractivity contribution in [1.82, 2.24) is 10.2 Å². The number of carboxylic acids is 1. The molecule has 1 heterocycles. The van der Waals surface area contributed by atoms with E-state index >= 15 is 0 Å². The lowest BCUT2D eigenvalue weighted by molar-refractivity contribution is -0.126. The molecule has 5 nitrogen and oxygen atoms in total. The van der Waals surface area contributed by atoms with E-state index < -0.39 is 5.97 Å². The molecule has 0 saturated carbocycles.